The summed E-state index contributed by atoms with van der Waals surface area (Å²) in [4.78, 5) is 51.0. The summed E-state index contributed by atoms with van der Waals surface area (Å²) in [5.41, 5.74) is -0.385. The van der Waals surface area contributed by atoms with Gasteiger partial charge in [0.1, 0.15) is 24.0 Å². The zero-order chi connectivity index (χ0) is 31.3. The Bertz CT molecular complexity index is 1740. The van der Waals surface area contributed by atoms with Crippen molar-refractivity contribution in [3.63, 3.8) is 0 Å². The van der Waals surface area contributed by atoms with Gasteiger partial charge >= 0.3 is 12.1 Å². The summed E-state index contributed by atoms with van der Waals surface area (Å²) < 4.78 is 49.1. The summed E-state index contributed by atoms with van der Waals surface area (Å²) >= 11 is 0. The van der Waals surface area contributed by atoms with Crippen LogP contribution in [0.25, 0.3) is 10.9 Å². The fraction of sp³-hybridized carbons (Fsp3) is 0.400. The van der Waals surface area contributed by atoms with Crippen LogP contribution < -0.4 is 30.0 Å². The zero-order valence-electron chi connectivity index (χ0n) is 24.0. The third-order valence-electron chi connectivity index (χ3n) is 8.13. The minimum atomic E-state index is -1.38. The highest BCUT2D eigenvalue weighted by atomic mass is 19.1. The van der Waals surface area contributed by atoms with Gasteiger partial charge in [-0.2, -0.15) is 0 Å². The van der Waals surface area contributed by atoms with Crippen LogP contribution in [0.1, 0.15) is 36.7 Å². The number of halogens is 2. The Morgan fingerprint density at radius 3 is 2.68 bits per heavy atom. The molecule has 3 aliphatic heterocycles. The van der Waals surface area contributed by atoms with E-state index in [4.69, 9.17) is 14.2 Å². The number of hydrogen-bond donors (Lipinski definition) is 2. The second-order valence-electron chi connectivity index (χ2n) is 11.3. The Hall–Kier alpha value is -4.88. The fourth-order valence-corrected chi connectivity index (χ4v) is 5.91. The lowest BCUT2D eigenvalue weighted by Gasteiger charge is -2.31. The van der Waals surface area contributed by atoms with Gasteiger partial charge in [-0.1, -0.05) is 0 Å². The van der Waals surface area contributed by atoms with Crippen molar-refractivity contribution in [1.82, 2.24) is 9.88 Å². The molecule has 1 aromatic heterocycles. The number of rotatable bonds is 8. The van der Waals surface area contributed by atoms with E-state index in [0.717, 1.165) is 6.07 Å². The van der Waals surface area contributed by atoms with Crippen molar-refractivity contribution in [2.75, 3.05) is 49.2 Å². The number of anilines is 2. The summed E-state index contributed by atoms with van der Waals surface area (Å²) in [7, 11) is 0. The minimum Gasteiger partial charge on any atom is -0.490 e. The number of ether oxygens (including phenoxy) is 3. The summed E-state index contributed by atoms with van der Waals surface area (Å²) in [6, 6.07) is 4.95. The molecule has 0 radical (unpaired) electrons. The molecule has 0 aliphatic carbocycles. The monoisotopic (exact) mass is 612 g/mol. The second kappa shape index (κ2) is 11.3. The van der Waals surface area contributed by atoms with E-state index in [2.05, 4.69) is 5.32 Å². The molecule has 2 amide bonds. The fourth-order valence-electron chi connectivity index (χ4n) is 5.91. The number of aromatic carboxylic acids is 1. The second-order valence-corrected chi connectivity index (χ2v) is 11.3. The van der Waals surface area contributed by atoms with Gasteiger partial charge in [0.15, 0.2) is 23.1 Å². The summed E-state index contributed by atoms with van der Waals surface area (Å²) in [6.07, 6.45) is 0.703. The molecule has 0 spiro atoms. The number of carbonyl (C=O) groups excluding carboxylic acids is 2. The van der Waals surface area contributed by atoms with Crippen LogP contribution in [-0.2, 0) is 9.53 Å². The number of amides is 2. The SMILES string of the molecule is CC(=O)NC[C@H]1CN(c2ccc(OC[C@H]3CCN(c4c(F)cc5c(=O)c(C(=O)O)cn6c5c4OCC6C)C3)c(F)c2)C(=O)O1. The van der Waals surface area contributed by atoms with E-state index in [1.807, 2.05) is 6.92 Å². The first kappa shape index (κ1) is 29.2. The number of benzene rings is 2. The lowest BCUT2D eigenvalue weighted by Crippen LogP contribution is -2.33. The zero-order valence-corrected chi connectivity index (χ0v) is 24.0. The quantitative estimate of drug-likeness (QED) is 0.392. The van der Waals surface area contributed by atoms with Crippen LogP contribution in [-0.4, -0.2) is 73.1 Å². The van der Waals surface area contributed by atoms with Crippen molar-refractivity contribution in [2.45, 2.75) is 32.4 Å². The van der Waals surface area contributed by atoms with Gasteiger partial charge in [0.25, 0.3) is 0 Å². The number of aromatic nitrogens is 1. The molecule has 3 aromatic rings. The molecular weight excluding hydrogens is 582 g/mol. The first-order valence-electron chi connectivity index (χ1n) is 14.2. The van der Waals surface area contributed by atoms with Crippen LogP contribution in [0.4, 0.5) is 25.0 Å². The Kier molecular flexibility index (Phi) is 7.51. The third kappa shape index (κ3) is 5.24. The van der Waals surface area contributed by atoms with Gasteiger partial charge in [-0.15, -0.1) is 0 Å². The Morgan fingerprint density at radius 1 is 1.16 bits per heavy atom. The molecule has 0 bridgehead atoms. The van der Waals surface area contributed by atoms with Crippen molar-refractivity contribution >= 4 is 40.2 Å². The molecule has 232 valence electrons. The molecule has 14 heteroatoms. The molecule has 44 heavy (non-hydrogen) atoms. The van der Waals surface area contributed by atoms with Gasteiger partial charge in [-0.25, -0.2) is 18.4 Å². The van der Waals surface area contributed by atoms with E-state index >= 15 is 4.39 Å². The maximum atomic E-state index is 15.6. The van der Waals surface area contributed by atoms with E-state index in [1.165, 1.54) is 30.2 Å². The number of pyridine rings is 1. The normalized spacial score (nSPS) is 20.9. The number of carboxylic acid groups (broad SMARTS) is 1. The van der Waals surface area contributed by atoms with Crippen LogP contribution in [0.15, 0.2) is 35.3 Å². The lowest BCUT2D eigenvalue weighted by molar-refractivity contribution is -0.119. The summed E-state index contributed by atoms with van der Waals surface area (Å²) in [6.45, 7) is 4.63. The Labute approximate surface area is 249 Å². The van der Waals surface area contributed by atoms with Gasteiger partial charge < -0.3 is 34.1 Å². The van der Waals surface area contributed by atoms with E-state index < -0.39 is 40.8 Å². The molecular formula is C30H30F2N4O8. The molecule has 0 saturated carbocycles. The number of nitrogens with zero attached hydrogens (tertiary/aromatic N) is 3. The lowest BCUT2D eigenvalue weighted by atomic mass is 10.1. The molecule has 1 unspecified atom stereocenters. The Morgan fingerprint density at radius 2 is 1.95 bits per heavy atom. The van der Waals surface area contributed by atoms with Gasteiger partial charge in [-0.05, 0) is 31.5 Å². The number of cyclic esters (lactones) is 1. The first-order valence-corrected chi connectivity index (χ1v) is 14.2. The highest BCUT2D eigenvalue weighted by Gasteiger charge is 2.35. The van der Waals surface area contributed by atoms with E-state index in [9.17, 15) is 28.7 Å². The number of hydrogen-bond acceptors (Lipinski definition) is 8. The first-order chi connectivity index (χ1) is 21.0. The third-order valence-corrected chi connectivity index (χ3v) is 8.13. The highest BCUT2D eigenvalue weighted by Crippen LogP contribution is 2.43. The van der Waals surface area contributed by atoms with Crippen LogP contribution in [0.3, 0.4) is 0 Å². The predicted octanol–water partition coefficient (Wildman–Crippen LogP) is 3.30. The molecule has 2 saturated heterocycles. The van der Waals surface area contributed by atoms with Crippen molar-refractivity contribution in [2.24, 2.45) is 5.92 Å². The van der Waals surface area contributed by atoms with E-state index in [1.54, 1.807) is 15.5 Å². The minimum absolute atomic E-state index is 0.00267. The molecule has 3 aliphatic rings. The number of carbonyl (C=O) groups is 3. The van der Waals surface area contributed by atoms with Crippen molar-refractivity contribution in [3.8, 4) is 11.5 Å². The van der Waals surface area contributed by atoms with Crippen LogP contribution in [0, 0.1) is 17.6 Å². The molecule has 12 nitrogen and oxygen atoms in total. The van der Waals surface area contributed by atoms with Gasteiger partial charge in [0, 0.05) is 38.2 Å². The summed E-state index contributed by atoms with van der Waals surface area (Å²) in [5.74, 6) is -2.90. The highest BCUT2D eigenvalue weighted by molar-refractivity contribution is 5.97. The average Bonchev–Trinajstić information content (AvgIpc) is 3.60. The molecule has 2 aromatic carbocycles. The van der Waals surface area contributed by atoms with Crippen LogP contribution >= 0.6 is 0 Å². The maximum absolute atomic E-state index is 15.6. The molecule has 2 N–H and O–H groups in total. The summed E-state index contributed by atoms with van der Waals surface area (Å²) in [5, 5.41) is 12.0. The molecule has 4 heterocycles. The van der Waals surface area contributed by atoms with Crippen molar-refractivity contribution in [3.05, 3.63) is 57.9 Å². The van der Waals surface area contributed by atoms with Crippen molar-refractivity contribution in [1.29, 1.82) is 0 Å². The standard InChI is InChI=1S/C30H30F2N4O8/c1-15-13-43-28-25-20(27(38)21(29(39)40)12-35(15)25)8-23(32)26(28)34-6-5-17(10-34)14-42-24-4-3-18(7-22(24)31)36-11-19(44-30(36)41)9-33-16(2)37/h3-4,7-8,12,15,17,19H,5-6,9-11,13-14H2,1-2H3,(H,33,37)(H,39,40)/t15?,17-,19-/m0/s1. The smallest absolute Gasteiger partial charge is 0.414 e. The number of carboxylic acids is 1. The Balaban J connectivity index is 1.15. The van der Waals surface area contributed by atoms with Crippen molar-refractivity contribution < 1.29 is 42.5 Å². The van der Waals surface area contributed by atoms with Gasteiger partial charge in [0.2, 0.25) is 11.3 Å². The van der Waals surface area contributed by atoms with E-state index in [0.29, 0.717) is 30.7 Å². The molecule has 6 rings (SSSR count). The molecule has 3 atom stereocenters. The largest absolute Gasteiger partial charge is 0.490 e. The molecule has 2 fully saturated rings. The number of nitrogens with one attached hydrogen (secondary N) is 1. The van der Waals surface area contributed by atoms with Gasteiger partial charge in [-0.3, -0.25) is 14.5 Å². The average molecular weight is 613 g/mol. The van der Waals surface area contributed by atoms with Gasteiger partial charge in [0.05, 0.1) is 42.3 Å². The maximum Gasteiger partial charge on any atom is 0.414 e. The predicted molar refractivity (Wildman–Crippen MR) is 154 cm³/mol. The topological polar surface area (TPSA) is 140 Å². The van der Waals surface area contributed by atoms with E-state index in [-0.39, 0.29) is 66.7 Å². The van der Waals surface area contributed by atoms with Crippen LogP contribution in [0.5, 0.6) is 11.5 Å². The van der Waals surface area contributed by atoms with Crippen LogP contribution in [0.2, 0.25) is 0 Å².